The van der Waals surface area contributed by atoms with E-state index in [-0.39, 0.29) is 18.0 Å². The van der Waals surface area contributed by atoms with Crippen LogP contribution in [0.4, 0.5) is 0 Å². The van der Waals surface area contributed by atoms with Gasteiger partial charge in [0.25, 0.3) is 0 Å². The number of ketones is 1. The van der Waals surface area contributed by atoms with E-state index in [1.54, 1.807) is 42.5 Å². The normalized spacial score (nSPS) is 10.4. The molecule has 0 aliphatic rings. The average molecular weight is 387 g/mol. The Hall–Kier alpha value is -2.87. The number of halogens is 1. The van der Waals surface area contributed by atoms with Gasteiger partial charge in [-0.05, 0) is 34.7 Å². The number of hydrogen-bond acceptors (Lipinski definition) is 6. The summed E-state index contributed by atoms with van der Waals surface area (Å²) >= 11 is 3.30. The van der Waals surface area contributed by atoms with Crippen LogP contribution < -0.4 is 0 Å². The summed E-state index contributed by atoms with van der Waals surface area (Å²) in [5, 5.41) is 10.8. The van der Waals surface area contributed by atoms with E-state index >= 15 is 0 Å². The first-order valence-electron chi connectivity index (χ1n) is 6.93. The van der Waals surface area contributed by atoms with Gasteiger partial charge in [-0.1, -0.05) is 40.2 Å². The van der Waals surface area contributed by atoms with E-state index in [1.807, 2.05) is 6.07 Å². The lowest BCUT2D eigenvalue weighted by molar-refractivity contribution is 0.0474. The van der Waals surface area contributed by atoms with Gasteiger partial charge >= 0.3 is 5.97 Å². The summed E-state index contributed by atoms with van der Waals surface area (Å²) in [6.45, 7) is -0.348. The highest BCUT2D eigenvalue weighted by molar-refractivity contribution is 9.10. The van der Waals surface area contributed by atoms with Crippen molar-refractivity contribution in [1.82, 2.24) is 20.2 Å². The number of esters is 1. The summed E-state index contributed by atoms with van der Waals surface area (Å²) < 4.78 is 7.27. The standard InChI is InChI=1S/C16H11BrN4O3/c17-12-5-3-4-11(8-12)15(22)9-24-16(23)13-6-1-2-7-14(13)21-10-18-19-20-21/h1-8,10H,9H2. The Kier molecular flexibility index (Phi) is 4.76. The van der Waals surface area contributed by atoms with Crippen molar-refractivity contribution < 1.29 is 14.3 Å². The number of ether oxygens (including phenoxy) is 1. The maximum atomic E-state index is 12.3. The van der Waals surface area contributed by atoms with Crippen LogP contribution >= 0.6 is 15.9 Å². The second-order valence-corrected chi connectivity index (χ2v) is 5.70. The van der Waals surface area contributed by atoms with E-state index in [2.05, 4.69) is 31.5 Å². The Morgan fingerprint density at radius 2 is 1.96 bits per heavy atom. The summed E-state index contributed by atoms with van der Waals surface area (Å²) in [5.74, 6) is -0.908. The van der Waals surface area contributed by atoms with Crippen molar-refractivity contribution in [2.45, 2.75) is 0 Å². The van der Waals surface area contributed by atoms with Gasteiger partial charge in [0.1, 0.15) is 6.33 Å². The van der Waals surface area contributed by atoms with Gasteiger partial charge in [0.2, 0.25) is 0 Å². The van der Waals surface area contributed by atoms with E-state index in [9.17, 15) is 9.59 Å². The van der Waals surface area contributed by atoms with Gasteiger partial charge in [-0.3, -0.25) is 4.79 Å². The first-order chi connectivity index (χ1) is 11.6. The number of para-hydroxylation sites is 1. The minimum atomic E-state index is -0.621. The lowest BCUT2D eigenvalue weighted by Gasteiger charge is -2.08. The summed E-state index contributed by atoms with van der Waals surface area (Å²) in [6.07, 6.45) is 1.37. The van der Waals surface area contributed by atoms with Crippen molar-refractivity contribution in [2.24, 2.45) is 0 Å². The molecule has 24 heavy (non-hydrogen) atoms. The van der Waals surface area contributed by atoms with Crippen LogP contribution in [-0.2, 0) is 4.74 Å². The van der Waals surface area contributed by atoms with Gasteiger partial charge in [-0.15, -0.1) is 5.10 Å². The third-order valence-electron chi connectivity index (χ3n) is 3.20. The number of tetrazole rings is 1. The molecule has 0 N–H and O–H groups in total. The SMILES string of the molecule is O=C(COC(=O)c1ccccc1-n1cnnn1)c1cccc(Br)c1. The van der Waals surface area contributed by atoms with E-state index in [4.69, 9.17) is 4.74 Å². The van der Waals surface area contributed by atoms with Crippen LogP contribution in [0.3, 0.4) is 0 Å². The quantitative estimate of drug-likeness (QED) is 0.494. The molecule has 0 aliphatic heterocycles. The minimum Gasteiger partial charge on any atom is -0.454 e. The predicted molar refractivity (Wildman–Crippen MR) is 87.9 cm³/mol. The average Bonchev–Trinajstić information content (AvgIpc) is 3.14. The van der Waals surface area contributed by atoms with Gasteiger partial charge in [0, 0.05) is 10.0 Å². The van der Waals surface area contributed by atoms with E-state index in [0.29, 0.717) is 11.3 Å². The molecule has 8 heteroatoms. The molecular weight excluding hydrogens is 376 g/mol. The van der Waals surface area contributed by atoms with Crippen LogP contribution in [0.25, 0.3) is 5.69 Å². The van der Waals surface area contributed by atoms with Crippen molar-refractivity contribution in [1.29, 1.82) is 0 Å². The highest BCUT2D eigenvalue weighted by Gasteiger charge is 2.16. The zero-order valence-corrected chi connectivity index (χ0v) is 13.9. The first kappa shape index (κ1) is 16.0. The van der Waals surface area contributed by atoms with Crippen LogP contribution in [0.5, 0.6) is 0 Å². The molecule has 0 bridgehead atoms. The molecule has 0 amide bonds. The molecule has 0 saturated carbocycles. The summed E-state index contributed by atoms with van der Waals surface area (Å²) in [4.78, 5) is 24.4. The van der Waals surface area contributed by atoms with Gasteiger partial charge in [-0.25, -0.2) is 4.79 Å². The number of carbonyl (C=O) groups excluding carboxylic acids is 2. The summed E-state index contributed by atoms with van der Waals surface area (Å²) in [7, 11) is 0. The molecule has 3 rings (SSSR count). The number of Topliss-reactive ketones (excluding diaryl/α,β-unsaturated/α-hetero) is 1. The molecule has 0 aliphatic carbocycles. The highest BCUT2D eigenvalue weighted by Crippen LogP contribution is 2.15. The smallest absolute Gasteiger partial charge is 0.340 e. The molecule has 0 spiro atoms. The van der Waals surface area contributed by atoms with Gasteiger partial charge in [-0.2, -0.15) is 4.68 Å². The molecule has 0 atom stereocenters. The molecule has 3 aromatic rings. The van der Waals surface area contributed by atoms with Gasteiger partial charge in [0.05, 0.1) is 11.3 Å². The van der Waals surface area contributed by atoms with Gasteiger partial charge in [0.15, 0.2) is 12.4 Å². The number of rotatable bonds is 5. The Morgan fingerprint density at radius 3 is 2.71 bits per heavy atom. The van der Waals surface area contributed by atoms with Crippen LogP contribution in [0.1, 0.15) is 20.7 Å². The Morgan fingerprint density at radius 1 is 1.12 bits per heavy atom. The third kappa shape index (κ3) is 3.54. The largest absolute Gasteiger partial charge is 0.454 e. The van der Waals surface area contributed by atoms with Crippen molar-refractivity contribution in [3.63, 3.8) is 0 Å². The maximum absolute atomic E-state index is 12.3. The lowest BCUT2D eigenvalue weighted by Crippen LogP contribution is -2.16. The number of carbonyl (C=O) groups is 2. The minimum absolute atomic E-state index is 0.270. The predicted octanol–water partition coefficient (Wildman–Crippen LogP) is 2.46. The number of benzene rings is 2. The zero-order valence-electron chi connectivity index (χ0n) is 12.3. The zero-order chi connectivity index (χ0) is 16.9. The fourth-order valence-corrected chi connectivity index (χ4v) is 2.47. The molecule has 7 nitrogen and oxygen atoms in total. The second kappa shape index (κ2) is 7.14. The van der Waals surface area contributed by atoms with E-state index < -0.39 is 5.97 Å². The van der Waals surface area contributed by atoms with Crippen LogP contribution in [0.2, 0.25) is 0 Å². The molecule has 0 radical (unpaired) electrons. The van der Waals surface area contributed by atoms with Crippen molar-refractivity contribution in [3.8, 4) is 5.69 Å². The topological polar surface area (TPSA) is 87.0 Å². The monoisotopic (exact) mass is 386 g/mol. The molecule has 1 heterocycles. The fraction of sp³-hybridized carbons (Fsp3) is 0.0625. The maximum Gasteiger partial charge on any atom is 0.340 e. The molecule has 0 saturated heterocycles. The fourth-order valence-electron chi connectivity index (χ4n) is 2.07. The summed E-state index contributed by atoms with van der Waals surface area (Å²) in [6, 6.07) is 13.6. The molecule has 2 aromatic carbocycles. The van der Waals surface area contributed by atoms with Gasteiger partial charge < -0.3 is 4.74 Å². The molecule has 120 valence electrons. The molecule has 0 unspecified atom stereocenters. The number of nitrogens with zero attached hydrogens (tertiary/aromatic N) is 4. The molecule has 0 fully saturated rings. The van der Waals surface area contributed by atoms with E-state index in [1.165, 1.54) is 11.0 Å². The number of aromatic nitrogens is 4. The molecule has 1 aromatic heterocycles. The summed E-state index contributed by atoms with van der Waals surface area (Å²) in [5.41, 5.74) is 1.21. The Bertz CT molecular complexity index is 881. The highest BCUT2D eigenvalue weighted by atomic mass is 79.9. The van der Waals surface area contributed by atoms with Crippen molar-refractivity contribution >= 4 is 27.7 Å². The Balaban J connectivity index is 1.73. The van der Waals surface area contributed by atoms with Crippen molar-refractivity contribution in [3.05, 3.63) is 70.5 Å². The van der Waals surface area contributed by atoms with Crippen LogP contribution in [0, 0.1) is 0 Å². The van der Waals surface area contributed by atoms with Crippen LogP contribution in [0.15, 0.2) is 59.3 Å². The van der Waals surface area contributed by atoms with Crippen LogP contribution in [-0.4, -0.2) is 38.6 Å². The van der Waals surface area contributed by atoms with Crippen molar-refractivity contribution in [2.75, 3.05) is 6.61 Å². The number of hydrogen-bond donors (Lipinski definition) is 0. The van der Waals surface area contributed by atoms with E-state index in [0.717, 1.165) is 4.47 Å². The third-order valence-corrected chi connectivity index (χ3v) is 3.69. The molecular formula is C16H11BrN4O3. The lowest BCUT2D eigenvalue weighted by atomic mass is 10.1. The Labute approximate surface area is 145 Å². The first-order valence-corrected chi connectivity index (χ1v) is 7.73. The second-order valence-electron chi connectivity index (χ2n) is 4.78.